The third kappa shape index (κ3) is 4.11. The maximum atomic E-state index is 12.6. The fourth-order valence-electron chi connectivity index (χ4n) is 3.48. The highest BCUT2D eigenvalue weighted by Gasteiger charge is 2.34. The summed E-state index contributed by atoms with van der Waals surface area (Å²) < 4.78 is 37.9. The summed E-state index contributed by atoms with van der Waals surface area (Å²) >= 11 is 0. The highest BCUT2D eigenvalue weighted by Crippen LogP contribution is 2.38. The van der Waals surface area contributed by atoms with Gasteiger partial charge in [0.25, 0.3) is 0 Å². The van der Waals surface area contributed by atoms with Crippen LogP contribution >= 0.6 is 0 Å². The zero-order valence-electron chi connectivity index (χ0n) is 15.2. The van der Waals surface area contributed by atoms with E-state index in [1.54, 1.807) is 0 Å². The first-order valence-corrected chi connectivity index (χ1v) is 8.79. The number of carbonyl (C=O) groups is 2. The van der Waals surface area contributed by atoms with Gasteiger partial charge in [0.05, 0.1) is 18.0 Å². The predicted octanol–water partition coefficient (Wildman–Crippen LogP) is 3.51. The molecule has 0 unspecified atom stereocenters. The van der Waals surface area contributed by atoms with Gasteiger partial charge in [-0.2, -0.15) is 13.2 Å². The molecule has 2 aromatic carbocycles. The smallest absolute Gasteiger partial charge is 0.369 e. The molecule has 28 heavy (non-hydrogen) atoms. The summed E-state index contributed by atoms with van der Waals surface area (Å²) in [5.74, 6) is -1.19. The van der Waals surface area contributed by atoms with Crippen molar-refractivity contribution >= 4 is 23.2 Å². The summed E-state index contributed by atoms with van der Waals surface area (Å²) in [6.45, 7) is 1.90. The van der Waals surface area contributed by atoms with Gasteiger partial charge in [0.1, 0.15) is 0 Å². The van der Waals surface area contributed by atoms with Crippen LogP contribution in [-0.4, -0.2) is 24.4 Å². The normalized spacial score (nSPS) is 19.1. The molecule has 3 rings (SSSR count). The van der Waals surface area contributed by atoms with Crippen molar-refractivity contribution in [3.63, 3.8) is 0 Å². The Morgan fingerprint density at radius 3 is 2.39 bits per heavy atom. The Labute approximate surface area is 160 Å². The van der Waals surface area contributed by atoms with E-state index in [0.717, 1.165) is 23.4 Å². The number of rotatable bonds is 4. The number of carbonyl (C=O) groups excluding carboxylic acids is 2. The molecule has 0 aliphatic carbocycles. The number of hydrogen-bond donors (Lipinski definition) is 2. The first-order valence-electron chi connectivity index (χ1n) is 8.79. The number of nitrogens with zero attached hydrogens (tertiary/aromatic N) is 1. The van der Waals surface area contributed by atoms with Crippen molar-refractivity contribution < 1.29 is 22.8 Å². The Morgan fingerprint density at radius 2 is 1.79 bits per heavy atom. The van der Waals surface area contributed by atoms with Gasteiger partial charge in [-0.05, 0) is 49.2 Å². The van der Waals surface area contributed by atoms with Crippen molar-refractivity contribution in [2.75, 3.05) is 16.8 Å². The van der Waals surface area contributed by atoms with Crippen LogP contribution in [0.4, 0.5) is 24.5 Å². The number of anilines is 2. The van der Waals surface area contributed by atoms with Gasteiger partial charge in [-0.25, -0.2) is 0 Å². The van der Waals surface area contributed by atoms with Crippen LogP contribution in [0.5, 0.6) is 0 Å². The molecule has 0 saturated carbocycles. The third-order valence-electron chi connectivity index (χ3n) is 4.88. The number of nitrogens with one attached hydrogen (secondary N) is 1. The van der Waals surface area contributed by atoms with E-state index in [4.69, 9.17) is 5.73 Å². The molecular weight excluding hydrogens is 371 g/mol. The standard InChI is InChI=1S/C20H20F3N3O2/c1-12-10-16(19(24)28)15-4-2-3-5-17(15)26(12)11-18(27)25-14-8-6-13(7-9-14)20(21,22)23/h2-9,12,16H,10-11H2,1H3,(H2,24,28)(H,25,27)/t12-,16-/m1/s1. The van der Waals surface area contributed by atoms with Gasteiger partial charge >= 0.3 is 6.18 Å². The van der Waals surface area contributed by atoms with Crippen molar-refractivity contribution in [3.8, 4) is 0 Å². The minimum Gasteiger partial charge on any atom is -0.369 e. The first-order chi connectivity index (χ1) is 13.2. The summed E-state index contributed by atoms with van der Waals surface area (Å²) in [4.78, 5) is 26.1. The Hall–Kier alpha value is -3.03. The number of alkyl halides is 3. The number of halogens is 3. The number of fused-ring (bicyclic) bond motifs is 1. The monoisotopic (exact) mass is 391 g/mol. The Bertz CT molecular complexity index is 881. The lowest BCUT2D eigenvalue weighted by atomic mass is 9.85. The number of hydrogen-bond acceptors (Lipinski definition) is 3. The zero-order chi connectivity index (χ0) is 20.5. The second-order valence-electron chi connectivity index (χ2n) is 6.85. The summed E-state index contributed by atoms with van der Waals surface area (Å²) in [5, 5.41) is 2.61. The zero-order valence-corrected chi connectivity index (χ0v) is 15.2. The van der Waals surface area contributed by atoms with Gasteiger partial charge < -0.3 is 16.0 Å². The molecule has 0 fully saturated rings. The average Bonchev–Trinajstić information content (AvgIpc) is 2.63. The number of nitrogens with two attached hydrogens (primary N) is 1. The summed E-state index contributed by atoms with van der Waals surface area (Å²) in [6, 6.07) is 11.4. The van der Waals surface area contributed by atoms with E-state index in [1.165, 1.54) is 12.1 Å². The number of para-hydroxylation sites is 1. The highest BCUT2D eigenvalue weighted by atomic mass is 19.4. The SMILES string of the molecule is C[C@@H]1C[C@@H](C(N)=O)c2ccccc2N1CC(=O)Nc1ccc(C(F)(F)F)cc1. The van der Waals surface area contributed by atoms with E-state index in [2.05, 4.69) is 5.32 Å². The molecule has 148 valence electrons. The molecule has 5 nitrogen and oxygen atoms in total. The van der Waals surface area contributed by atoms with Crippen LogP contribution in [0.1, 0.15) is 30.4 Å². The van der Waals surface area contributed by atoms with E-state index >= 15 is 0 Å². The van der Waals surface area contributed by atoms with Gasteiger partial charge in [0.15, 0.2) is 0 Å². The van der Waals surface area contributed by atoms with Crippen LogP contribution < -0.4 is 16.0 Å². The fourth-order valence-corrected chi connectivity index (χ4v) is 3.48. The predicted molar refractivity (Wildman–Crippen MR) is 99.9 cm³/mol. The molecule has 8 heteroatoms. The molecule has 2 atom stereocenters. The maximum Gasteiger partial charge on any atom is 0.416 e. The summed E-state index contributed by atoms with van der Waals surface area (Å²) in [5.41, 5.74) is 6.56. The van der Waals surface area contributed by atoms with Crippen molar-refractivity contribution in [3.05, 3.63) is 59.7 Å². The lowest BCUT2D eigenvalue weighted by Gasteiger charge is -2.39. The largest absolute Gasteiger partial charge is 0.416 e. The van der Waals surface area contributed by atoms with E-state index in [0.29, 0.717) is 6.42 Å². The second-order valence-corrected chi connectivity index (χ2v) is 6.85. The molecule has 0 radical (unpaired) electrons. The second kappa shape index (κ2) is 7.53. The Morgan fingerprint density at radius 1 is 1.14 bits per heavy atom. The molecule has 0 saturated heterocycles. The van der Waals surface area contributed by atoms with Crippen LogP contribution in [-0.2, 0) is 15.8 Å². The Balaban J connectivity index is 1.74. The minimum absolute atomic E-state index is 0.00465. The Kier molecular flexibility index (Phi) is 5.31. The molecule has 2 amide bonds. The van der Waals surface area contributed by atoms with E-state index < -0.39 is 23.6 Å². The van der Waals surface area contributed by atoms with Gasteiger partial charge in [0.2, 0.25) is 11.8 Å². The lowest BCUT2D eigenvalue weighted by molar-refractivity contribution is -0.137. The number of amides is 2. The van der Waals surface area contributed by atoms with Crippen molar-refractivity contribution in [2.45, 2.75) is 31.5 Å². The first kappa shape index (κ1) is 19.7. The van der Waals surface area contributed by atoms with Crippen molar-refractivity contribution in [1.29, 1.82) is 0 Å². The summed E-state index contributed by atoms with van der Waals surface area (Å²) in [6.07, 6.45) is -3.94. The third-order valence-corrected chi connectivity index (χ3v) is 4.88. The molecule has 0 aromatic heterocycles. The van der Waals surface area contributed by atoms with E-state index in [1.807, 2.05) is 36.1 Å². The molecule has 0 bridgehead atoms. The quantitative estimate of drug-likeness (QED) is 0.838. The molecule has 1 heterocycles. The van der Waals surface area contributed by atoms with Gasteiger partial charge in [-0.15, -0.1) is 0 Å². The average molecular weight is 391 g/mol. The number of benzene rings is 2. The summed E-state index contributed by atoms with van der Waals surface area (Å²) in [7, 11) is 0. The molecule has 3 N–H and O–H groups in total. The maximum absolute atomic E-state index is 12.6. The van der Waals surface area contributed by atoms with Crippen molar-refractivity contribution in [1.82, 2.24) is 0 Å². The lowest BCUT2D eigenvalue weighted by Crippen LogP contribution is -2.45. The molecule has 1 aliphatic heterocycles. The molecule has 0 spiro atoms. The topological polar surface area (TPSA) is 75.4 Å². The van der Waals surface area contributed by atoms with Crippen LogP contribution in [0.15, 0.2) is 48.5 Å². The van der Waals surface area contributed by atoms with Gasteiger partial charge in [-0.3, -0.25) is 9.59 Å². The van der Waals surface area contributed by atoms with Gasteiger partial charge in [-0.1, -0.05) is 18.2 Å². The van der Waals surface area contributed by atoms with Gasteiger partial charge in [0, 0.05) is 17.4 Å². The van der Waals surface area contributed by atoms with E-state index in [9.17, 15) is 22.8 Å². The minimum atomic E-state index is -4.42. The van der Waals surface area contributed by atoms with Crippen LogP contribution in [0, 0.1) is 0 Å². The van der Waals surface area contributed by atoms with Crippen LogP contribution in [0.3, 0.4) is 0 Å². The number of primary amides is 1. The fraction of sp³-hybridized carbons (Fsp3) is 0.300. The van der Waals surface area contributed by atoms with Crippen LogP contribution in [0.25, 0.3) is 0 Å². The van der Waals surface area contributed by atoms with Crippen LogP contribution in [0.2, 0.25) is 0 Å². The molecule has 2 aromatic rings. The molecular formula is C20H20F3N3O2. The van der Waals surface area contributed by atoms with Crippen molar-refractivity contribution in [2.24, 2.45) is 5.73 Å². The highest BCUT2D eigenvalue weighted by molar-refractivity contribution is 5.95. The molecule has 1 aliphatic rings. The van der Waals surface area contributed by atoms with E-state index in [-0.39, 0.29) is 24.2 Å².